The maximum Gasteiger partial charge on any atom is 0.185 e. The van der Waals surface area contributed by atoms with Crippen molar-refractivity contribution in [2.24, 2.45) is 11.7 Å². The van der Waals surface area contributed by atoms with Gasteiger partial charge in [-0.1, -0.05) is 20.8 Å². The zero-order valence-electron chi connectivity index (χ0n) is 13.1. The van der Waals surface area contributed by atoms with Gasteiger partial charge in [0.1, 0.15) is 0 Å². The van der Waals surface area contributed by atoms with Crippen LogP contribution in [0.15, 0.2) is 0 Å². The van der Waals surface area contributed by atoms with Gasteiger partial charge in [0, 0.05) is 37.0 Å². The van der Waals surface area contributed by atoms with E-state index >= 15 is 0 Å². The van der Waals surface area contributed by atoms with Crippen LogP contribution in [0.1, 0.15) is 44.2 Å². The second-order valence-electron chi connectivity index (χ2n) is 6.69. The lowest BCUT2D eigenvalue weighted by molar-refractivity contribution is 0.0576. The summed E-state index contributed by atoms with van der Waals surface area (Å²) in [6, 6.07) is 0. The summed E-state index contributed by atoms with van der Waals surface area (Å²) in [5.41, 5.74) is 7.08. The highest BCUT2D eigenvalue weighted by Gasteiger charge is 2.24. The topological polar surface area (TPSA) is 51.4 Å². The Morgan fingerprint density at radius 3 is 2.70 bits per heavy atom. The number of rotatable bonds is 4. The van der Waals surface area contributed by atoms with E-state index in [-0.39, 0.29) is 5.41 Å². The second-order valence-corrected chi connectivity index (χ2v) is 7.75. The lowest BCUT2D eigenvalue weighted by atomic mass is 9.91. The van der Waals surface area contributed by atoms with Gasteiger partial charge in [0.25, 0.3) is 0 Å². The van der Waals surface area contributed by atoms with E-state index in [1.54, 1.807) is 11.3 Å². The first-order valence-electron chi connectivity index (χ1n) is 7.41. The molecule has 0 amide bonds. The monoisotopic (exact) mass is 297 g/mol. The maximum atomic E-state index is 5.88. The van der Waals surface area contributed by atoms with E-state index in [1.807, 2.05) is 0 Å². The zero-order valence-corrected chi connectivity index (χ0v) is 13.9. The minimum Gasteiger partial charge on any atom is -0.381 e. The van der Waals surface area contributed by atoms with Crippen molar-refractivity contribution in [1.29, 1.82) is 0 Å². The van der Waals surface area contributed by atoms with Gasteiger partial charge in [0.15, 0.2) is 5.13 Å². The van der Waals surface area contributed by atoms with Crippen molar-refractivity contribution in [3.63, 3.8) is 0 Å². The van der Waals surface area contributed by atoms with Crippen LogP contribution in [0.2, 0.25) is 0 Å². The van der Waals surface area contributed by atoms with Crippen molar-refractivity contribution in [1.82, 2.24) is 4.98 Å². The molecule has 2 heterocycles. The lowest BCUT2D eigenvalue weighted by Crippen LogP contribution is -2.30. The summed E-state index contributed by atoms with van der Waals surface area (Å²) in [4.78, 5) is 8.31. The van der Waals surface area contributed by atoms with Crippen molar-refractivity contribution in [2.45, 2.75) is 45.6 Å². The molecule has 0 spiro atoms. The Morgan fingerprint density at radius 1 is 1.45 bits per heavy atom. The summed E-state index contributed by atoms with van der Waals surface area (Å²) in [5.74, 6) is 0.622. The van der Waals surface area contributed by atoms with Gasteiger partial charge in [-0.25, -0.2) is 4.98 Å². The molecule has 2 rings (SSSR count). The van der Waals surface area contributed by atoms with Gasteiger partial charge in [-0.05, 0) is 18.8 Å². The Bertz CT molecular complexity index is 433. The fraction of sp³-hybridized carbons (Fsp3) is 0.800. The summed E-state index contributed by atoms with van der Waals surface area (Å²) in [7, 11) is 2.13. The predicted octanol–water partition coefficient (Wildman–Crippen LogP) is 2.76. The van der Waals surface area contributed by atoms with Crippen LogP contribution in [0.5, 0.6) is 0 Å². The van der Waals surface area contributed by atoms with Crippen LogP contribution in [0.25, 0.3) is 0 Å². The van der Waals surface area contributed by atoms with Gasteiger partial charge in [-0.15, -0.1) is 11.3 Å². The molecule has 0 saturated carbocycles. The Morgan fingerprint density at radius 2 is 2.20 bits per heavy atom. The van der Waals surface area contributed by atoms with E-state index in [9.17, 15) is 0 Å². The first-order valence-corrected chi connectivity index (χ1v) is 8.22. The smallest absolute Gasteiger partial charge is 0.185 e. The third kappa shape index (κ3) is 3.71. The Hall–Kier alpha value is -0.650. The summed E-state index contributed by atoms with van der Waals surface area (Å²) >= 11 is 1.73. The van der Waals surface area contributed by atoms with E-state index < -0.39 is 0 Å². The number of ether oxygens (including phenoxy) is 1. The second kappa shape index (κ2) is 6.41. The quantitative estimate of drug-likeness (QED) is 0.928. The Kier molecular flexibility index (Phi) is 5.04. The number of aromatic nitrogens is 1. The van der Waals surface area contributed by atoms with Gasteiger partial charge in [-0.2, -0.15) is 0 Å². The van der Waals surface area contributed by atoms with Gasteiger partial charge >= 0.3 is 0 Å². The molecule has 114 valence electrons. The summed E-state index contributed by atoms with van der Waals surface area (Å²) in [6.07, 6.45) is 2.43. The van der Waals surface area contributed by atoms with Gasteiger partial charge in [0.05, 0.1) is 12.3 Å². The molecule has 1 fully saturated rings. The number of nitrogens with two attached hydrogens (primary N) is 1. The molecule has 0 aliphatic carbocycles. The van der Waals surface area contributed by atoms with Gasteiger partial charge in [0.2, 0.25) is 0 Å². The molecule has 5 heteroatoms. The van der Waals surface area contributed by atoms with E-state index in [0.717, 1.165) is 30.6 Å². The molecule has 1 aliphatic heterocycles. The molecule has 1 aromatic rings. The minimum absolute atomic E-state index is 0.0538. The van der Waals surface area contributed by atoms with Crippen LogP contribution in [-0.2, 0) is 16.7 Å². The van der Waals surface area contributed by atoms with Crippen LogP contribution in [-0.4, -0.2) is 31.8 Å². The van der Waals surface area contributed by atoms with Crippen molar-refractivity contribution in [2.75, 3.05) is 31.7 Å². The van der Waals surface area contributed by atoms with E-state index in [0.29, 0.717) is 12.5 Å². The van der Waals surface area contributed by atoms with Crippen LogP contribution in [0.3, 0.4) is 0 Å². The fourth-order valence-electron chi connectivity index (χ4n) is 2.64. The third-order valence-electron chi connectivity index (χ3n) is 3.70. The SMILES string of the molecule is CN(CC1CCCOC1)c1nc(C(C)(C)C)c(CN)s1. The molecule has 1 aromatic heterocycles. The lowest BCUT2D eigenvalue weighted by Gasteiger charge is -2.26. The van der Waals surface area contributed by atoms with E-state index in [4.69, 9.17) is 15.5 Å². The highest BCUT2D eigenvalue weighted by atomic mass is 32.1. The van der Waals surface area contributed by atoms with Crippen molar-refractivity contribution < 1.29 is 4.74 Å². The molecule has 1 unspecified atom stereocenters. The molecule has 20 heavy (non-hydrogen) atoms. The molecule has 0 radical (unpaired) electrons. The number of nitrogens with zero attached hydrogens (tertiary/aromatic N) is 2. The number of hydrogen-bond donors (Lipinski definition) is 1. The number of anilines is 1. The average molecular weight is 297 g/mol. The molecule has 2 N–H and O–H groups in total. The van der Waals surface area contributed by atoms with Crippen molar-refractivity contribution >= 4 is 16.5 Å². The van der Waals surface area contributed by atoms with Gasteiger partial charge < -0.3 is 15.4 Å². The summed E-state index contributed by atoms with van der Waals surface area (Å²) < 4.78 is 5.56. The first kappa shape index (κ1) is 15.7. The standard InChI is InChI=1S/C15H27N3OS/c1-15(2,3)13-12(8-16)20-14(17-13)18(4)9-11-6-5-7-19-10-11/h11H,5-10,16H2,1-4H3. The summed E-state index contributed by atoms with van der Waals surface area (Å²) in [5, 5.41) is 1.08. The fourth-order valence-corrected chi connectivity index (χ4v) is 3.76. The van der Waals surface area contributed by atoms with Crippen LogP contribution in [0.4, 0.5) is 5.13 Å². The highest BCUT2D eigenvalue weighted by molar-refractivity contribution is 7.15. The molecule has 0 aromatic carbocycles. The molecular weight excluding hydrogens is 270 g/mol. The molecule has 1 aliphatic rings. The third-order valence-corrected chi connectivity index (χ3v) is 4.89. The molecule has 4 nitrogen and oxygen atoms in total. The summed E-state index contributed by atoms with van der Waals surface area (Å²) in [6.45, 7) is 9.97. The molecule has 0 bridgehead atoms. The van der Waals surface area contributed by atoms with Crippen LogP contribution in [0, 0.1) is 5.92 Å². The first-order chi connectivity index (χ1) is 9.41. The molecule has 1 saturated heterocycles. The van der Waals surface area contributed by atoms with E-state index in [2.05, 4.69) is 32.7 Å². The zero-order chi connectivity index (χ0) is 14.8. The number of thiazole rings is 1. The number of hydrogen-bond acceptors (Lipinski definition) is 5. The predicted molar refractivity (Wildman–Crippen MR) is 85.5 cm³/mol. The molecule has 1 atom stereocenters. The minimum atomic E-state index is 0.0538. The van der Waals surface area contributed by atoms with Crippen molar-refractivity contribution in [3.05, 3.63) is 10.6 Å². The Balaban J connectivity index is 2.09. The largest absolute Gasteiger partial charge is 0.381 e. The normalized spacial score (nSPS) is 20.1. The van der Waals surface area contributed by atoms with Crippen LogP contribution >= 0.6 is 11.3 Å². The van der Waals surface area contributed by atoms with Crippen LogP contribution < -0.4 is 10.6 Å². The average Bonchev–Trinajstić information content (AvgIpc) is 2.84. The van der Waals surface area contributed by atoms with Gasteiger partial charge in [-0.3, -0.25) is 0 Å². The Labute approximate surface area is 126 Å². The maximum absolute atomic E-state index is 5.88. The molecular formula is C15H27N3OS. The van der Waals surface area contributed by atoms with Crippen molar-refractivity contribution in [3.8, 4) is 0 Å². The van der Waals surface area contributed by atoms with E-state index in [1.165, 1.54) is 17.7 Å². The highest BCUT2D eigenvalue weighted by Crippen LogP contribution is 2.33.